The molecule has 0 unspecified atom stereocenters. The number of carbonyl (C=O) groups is 1. The Labute approximate surface area is 160 Å². The summed E-state index contributed by atoms with van der Waals surface area (Å²) in [4.78, 5) is 14.6. The van der Waals surface area contributed by atoms with Crippen LogP contribution in [0.1, 0.15) is 39.9 Å². The van der Waals surface area contributed by atoms with Crippen molar-refractivity contribution in [3.63, 3.8) is 0 Å². The van der Waals surface area contributed by atoms with Crippen LogP contribution in [-0.2, 0) is 4.74 Å². The van der Waals surface area contributed by atoms with Gasteiger partial charge in [-0.3, -0.25) is 0 Å². The summed E-state index contributed by atoms with van der Waals surface area (Å²) in [5.74, 6) is -0.328. The monoisotopic (exact) mass is 363 g/mol. The van der Waals surface area contributed by atoms with Crippen LogP contribution in [0.3, 0.4) is 0 Å². The highest BCUT2D eigenvalue weighted by molar-refractivity contribution is 5.95. The molecule has 1 saturated heterocycles. The predicted octanol–water partition coefficient (Wildman–Crippen LogP) is 3.85. The van der Waals surface area contributed by atoms with Gasteiger partial charge >= 0.3 is 5.97 Å². The number of methoxy groups -OCH3 is 1. The molecule has 0 aliphatic carbocycles. The van der Waals surface area contributed by atoms with Crippen molar-refractivity contribution in [2.45, 2.75) is 32.7 Å². The van der Waals surface area contributed by atoms with Crippen molar-refractivity contribution in [1.29, 1.82) is 5.26 Å². The van der Waals surface area contributed by atoms with Crippen molar-refractivity contribution in [2.75, 3.05) is 25.1 Å². The number of benzene rings is 2. The molecule has 0 amide bonds. The zero-order valence-corrected chi connectivity index (χ0v) is 16.1. The zero-order valence-electron chi connectivity index (χ0n) is 16.1. The Balaban J connectivity index is 2.20. The van der Waals surface area contributed by atoms with Gasteiger partial charge in [0.2, 0.25) is 0 Å². The van der Waals surface area contributed by atoms with E-state index in [1.807, 2.05) is 50.2 Å². The third kappa shape index (κ3) is 3.67. The van der Waals surface area contributed by atoms with Crippen LogP contribution in [0.4, 0.5) is 11.4 Å². The molecule has 0 spiro atoms. The number of hydrogen-bond donors (Lipinski definition) is 1. The largest absolute Gasteiger partial charge is 0.465 e. The molecule has 140 valence electrons. The molecule has 0 bridgehead atoms. The Morgan fingerprint density at radius 1 is 1.15 bits per heavy atom. The summed E-state index contributed by atoms with van der Waals surface area (Å²) >= 11 is 0. The molecule has 1 aliphatic rings. The molecule has 0 aromatic heterocycles. The molecule has 2 aromatic carbocycles. The Morgan fingerprint density at radius 2 is 1.85 bits per heavy atom. The fraction of sp³-hybridized carbons (Fsp3) is 0.364. The second-order valence-electron chi connectivity index (χ2n) is 6.87. The highest BCUT2D eigenvalue weighted by Crippen LogP contribution is 2.37. The van der Waals surface area contributed by atoms with E-state index in [4.69, 9.17) is 4.74 Å². The first-order valence-electron chi connectivity index (χ1n) is 9.26. The van der Waals surface area contributed by atoms with Gasteiger partial charge in [0.1, 0.15) is 6.07 Å². The number of rotatable bonds is 4. The first-order chi connectivity index (χ1) is 13.1. The van der Waals surface area contributed by atoms with Crippen molar-refractivity contribution in [3.8, 4) is 6.07 Å². The lowest BCUT2D eigenvalue weighted by Gasteiger charge is -2.38. The summed E-state index contributed by atoms with van der Waals surface area (Å²) in [5, 5.41) is 13.0. The van der Waals surface area contributed by atoms with Crippen LogP contribution in [-0.4, -0.2) is 32.2 Å². The maximum absolute atomic E-state index is 12.4. The lowest BCUT2D eigenvalue weighted by Crippen LogP contribution is -2.41. The molecule has 27 heavy (non-hydrogen) atoms. The molecule has 1 aliphatic heterocycles. The second-order valence-corrected chi connectivity index (χ2v) is 6.87. The van der Waals surface area contributed by atoms with Crippen molar-refractivity contribution in [1.82, 2.24) is 5.32 Å². The van der Waals surface area contributed by atoms with Crippen molar-refractivity contribution >= 4 is 17.3 Å². The van der Waals surface area contributed by atoms with Gasteiger partial charge in [-0.15, -0.1) is 0 Å². The normalized spacial score (nSPS) is 14.4. The van der Waals surface area contributed by atoms with Crippen LogP contribution in [0, 0.1) is 25.2 Å². The molecule has 1 N–H and O–H groups in total. The lowest BCUT2D eigenvalue weighted by atomic mass is 9.96. The third-order valence-corrected chi connectivity index (χ3v) is 5.25. The minimum absolute atomic E-state index is 0.257. The van der Waals surface area contributed by atoms with Gasteiger partial charge in [-0.05, 0) is 69.1 Å². The fourth-order valence-electron chi connectivity index (χ4n) is 3.88. The van der Waals surface area contributed by atoms with Crippen LogP contribution < -0.4 is 10.2 Å². The summed E-state index contributed by atoms with van der Waals surface area (Å²) in [6.07, 6.45) is 1.95. The van der Waals surface area contributed by atoms with Gasteiger partial charge < -0.3 is 15.0 Å². The number of nitrogens with zero attached hydrogens (tertiary/aromatic N) is 2. The quantitative estimate of drug-likeness (QED) is 0.836. The number of aryl methyl sites for hydroxylation is 1. The number of piperidine rings is 1. The zero-order chi connectivity index (χ0) is 19.4. The first-order valence-corrected chi connectivity index (χ1v) is 9.26. The highest BCUT2D eigenvalue weighted by Gasteiger charge is 2.27. The standard InChI is InChI=1S/C22H25N3O2/c1-15-8-9-19(16(2)21(15)22(26)27-3)25(18-10-12-24-13-11-18)20-7-5-4-6-17(20)14-23/h4-9,18,24H,10-13H2,1-3H3. The summed E-state index contributed by atoms with van der Waals surface area (Å²) in [6.45, 7) is 5.74. The number of esters is 1. The molecular weight excluding hydrogens is 338 g/mol. The van der Waals surface area contributed by atoms with E-state index in [1.165, 1.54) is 7.11 Å². The average molecular weight is 363 g/mol. The molecule has 0 atom stereocenters. The van der Waals surface area contributed by atoms with Crippen molar-refractivity contribution in [2.24, 2.45) is 0 Å². The smallest absolute Gasteiger partial charge is 0.338 e. The van der Waals surface area contributed by atoms with Gasteiger partial charge in [0.25, 0.3) is 0 Å². The van der Waals surface area contributed by atoms with Crippen LogP contribution in [0.25, 0.3) is 0 Å². The minimum atomic E-state index is -0.328. The number of nitrogens with one attached hydrogen (secondary N) is 1. The van der Waals surface area contributed by atoms with E-state index in [9.17, 15) is 10.1 Å². The number of anilines is 2. The maximum Gasteiger partial charge on any atom is 0.338 e. The van der Waals surface area contributed by atoms with E-state index in [-0.39, 0.29) is 12.0 Å². The number of para-hydroxylation sites is 1. The number of nitriles is 1. The van der Waals surface area contributed by atoms with Crippen molar-refractivity contribution < 1.29 is 9.53 Å². The Morgan fingerprint density at radius 3 is 2.52 bits per heavy atom. The van der Waals surface area contributed by atoms with Gasteiger partial charge in [-0.2, -0.15) is 5.26 Å². The Hall–Kier alpha value is -2.84. The van der Waals surface area contributed by atoms with Crippen molar-refractivity contribution in [3.05, 3.63) is 58.7 Å². The SMILES string of the molecule is COC(=O)c1c(C)ccc(N(c2ccccc2C#N)C2CCNCC2)c1C. The predicted molar refractivity (Wildman–Crippen MR) is 106 cm³/mol. The fourth-order valence-corrected chi connectivity index (χ4v) is 3.88. The third-order valence-electron chi connectivity index (χ3n) is 5.25. The van der Waals surface area contributed by atoms with Gasteiger partial charge in [0, 0.05) is 11.7 Å². The van der Waals surface area contributed by atoms with Crippen LogP contribution in [0.5, 0.6) is 0 Å². The second kappa shape index (κ2) is 8.24. The van der Waals surface area contributed by atoms with E-state index in [1.54, 1.807) is 0 Å². The van der Waals surface area contributed by atoms with Gasteiger partial charge in [0.05, 0.1) is 23.9 Å². The van der Waals surface area contributed by atoms with Gasteiger partial charge in [-0.1, -0.05) is 18.2 Å². The molecule has 3 rings (SSSR count). The van der Waals surface area contributed by atoms with Crippen LogP contribution in [0.15, 0.2) is 36.4 Å². The van der Waals surface area contributed by atoms with Crippen LogP contribution >= 0.6 is 0 Å². The molecule has 2 aromatic rings. The number of ether oxygens (including phenoxy) is 1. The molecule has 1 heterocycles. The van der Waals surface area contributed by atoms with E-state index < -0.39 is 0 Å². The molecule has 5 heteroatoms. The van der Waals surface area contributed by atoms with E-state index in [0.29, 0.717) is 11.1 Å². The van der Waals surface area contributed by atoms with Gasteiger partial charge in [0.15, 0.2) is 0 Å². The van der Waals surface area contributed by atoms with Crippen LogP contribution in [0.2, 0.25) is 0 Å². The molecule has 0 saturated carbocycles. The van der Waals surface area contributed by atoms with E-state index in [2.05, 4.69) is 16.3 Å². The molecular formula is C22H25N3O2. The summed E-state index contributed by atoms with van der Waals surface area (Å²) in [6, 6.07) is 14.2. The summed E-state index contributed by atoms with van der Waals surface area (Å²) in [7, 11) is 1.41. The Bertz CT molecular complexity index is 880. The number of hydrogen-bond acceptors (Lipinski definition) is 5. The highest BCUT2D eigenvalue weighted by atomic mass is 16.5. The first kappa shape index (κ1) is 18.9. The minimum Gasteiger partial charge on any atom is -0.465 e. The topological polar surface area (TPSA) is 65.4 Å². The average Bonchev–Trinajstić information content (AvgIpc) is 2.71. The summed E-state index contributed by atoms with van der Waals surface area (Å²) in [5.41, 5.74) is 4.85. The van der Waals surface area contributed by atoms with E-state index >= 15 is 0 Å². The molecule has 1 fully saturated rings. The molecule has 5 nitrogen and oxygen atoms in total. The summed E-state index contributed by atoms with van der Waals surface area (Å²) < 4.78 is 5.01. The lowest BCUT2D eigenvalue weighted by molar-refractivity contribution is 0.0599. The molecule has 0 radical (unpaired) electrons. The Kier molecular flexibility index (Phi) is 5.78. The van der Waals surface area contributed by atoms with Gasteiger partial charge in [-0.25, -0.2) is 4.79 Å². The van der Waals surface area contributed by atoms with E-state index in [0.717, 1.165) is 48.4 Å². The number of carbonyl (C=O) groups excluding carboxylic acids is 1. The maximum atomic E-state index is 12.4.